The lowest BCUT2D eigenvalue weighted by Gasteiger charge is -2.12. The molecule has 2 unspecified atom stereocenters. The highest BCUT2D eigenvalue weighted by molar-refractivity contribution is 7.85. The third-order valence-corrected chi connectivity index (χ3v) is 5.86. The first kappa shape index (κ1) is 22.5. The van der Waals surface area contributed by atoms with Crippen molar-refractivity contribution < 1.29 is 23.6 Å². The SMILES string of the molecule is CC(=O)O.CCCCCCCCS(=O)C(C)Cc1ccc2c(c1)OCO2. The fourth-order valence-electron chi connectivity index (χ4n) is 2.72. The summed E-state index contributed by atoms with van der Waals surface area (Å²) < 4.78 is 23.0. The quantitative estimate of drug-likeness (QED) is 0.599. The van der Waals surface area contributed by atoms with Crippen molar-refractivity contribution in [1.29, 1.82) is 0 Å². The van der Waals surface area contributed by atoms with E-state index in [9.17, 15) is 4.21 Å². The normalized spacial score (nSPS) is 14.3. The molecule has 1 heterocycles. The number of carbonyl (C=O) groups is 1. The van der Waals surface area contributed by atoms with Gasteiger partial charge in [0.2, 0.25) is 6.79 Å². The van der Waals surface area contributed by atoms with Gasteiger partial charge in [-0.3, -0.25) is 9.00 Å². The second kappa shape index (κ2) is 12.7. The van der Waals surface area contributed by atoms with Gasteiger partial charge in [-0.05, 0) is 30.5 Å². The first-order chi connectivity index (χ1) is 12.4. The Labute approximate surface area is 159 Å². The molecule has 0 aliphatic carbocycles. The zero-order valence-electron chi connectivity index (χ0n) is 16.2. The molecule has 0 fully saturated rings. The van der Waals surface area contributed by atoms with Crippen LogP contribution in [0.3, 0.4) is 0 Å². The van der Waals surface area contributed by atoms with Gasteiger partial charge in [-0.15, -0.1) is 0 Å². The van der Waals surface area contributed by atoms with E-state index in [-0.39, 0.29) is 5.25 Å². The van der Waals surface area contributed by atoms with Crippen LogP contribution in [-0.2, 0) is 22.0 Å². The Morgan fingerprint density at radius 3 is 2.46 bits per heavy atom. The maximum atomic E-state index is 12.3. The number of ether oxygens (including phenoxy) is 2. The second-order valence-corrected chi connectivity index (χ2v) is 8.55. The van der Waals surface area contributed by atoms with E-state index in [2.05, 4.69) is 13.8 Å². The summed E-state index contributed by atoms with van der Waals surface area (Å²) in [5, 5.41) is 7.61. The van der Waals surface area contributed by atoms with Crippen molar-refractivity contribution in [3.63, 3.8) is 0 Å². The van der Waals surface area contributed by atoms with E-state index in [1.165, 1.54) is 37.7 Å². The second-order valence-electron chi connectivity index (χ2n) is 6.57. The molecular formula is C20H32O5S. The van der Waals surface area contributed by atoms with E-state index in [1.54, 1.807) is 0 Å². The van der Waals surface area contributed by atoms with Gasteiger partial charge in [0.15, 0.2) is 11.5 Å². The van der Waals surface area contributed by atoms with Gasteiger partial charge in [0.05, 0.1) is 0 Å². The molecule has 1 aromatic carbocycles. The van der Waals surface area contributed by atoms with Crippen molar-refractivity contribution in [1.82, 2.24) is 0 Å². The molecule has 0 aromatic heterocycles. The van der Waals surface area contributed by atoms with Crippen LogP contribution in [0.1, 0.15) is 64.9 Å². The molecule has 148 valence electrons. The van der Waals surface area contributed by atoms with Crippen molar-refractivity contribution in [2.75, 3.05) is 12.5 Å². The first-order valence-electron chi connectivity index (χ1n) is 9.39. The van der Waals surface area contributed by atoms with Gasteiger partial charge in [0, 0.05) is 28.7 Å². The van der Waals surface area contributed by atoms with Gasteiger partial charge in [-0.25, -0.2) is 0 Å². The number of fused-ring (bicyclic) bond motifs is 1. The Kier molecular flexibility index (Phi) is 11.0. The molecular weight excluding hydrogens is 352 g/mol. The van der Waals surface area contributed by atoms with Crippen LogP contribution >= 0.6 is 0 Å². The molecule has 0 amide bonds. The average molecular weight is 385 g/mol. The number of carboxylic acids is 1. The van der Waals surface area contributed by atoms with E-state index in [0.717, 1.165) is 37.0 Å². The predicted molar refractivity (Wildman–Crippen MR) is 105 cm³/mol. The summed E-state index contributed by atoms with van der Waals surface area (Å²) in [5.74, 6) is 1.62. The maximum Gasteiger partial charge on any atom is 0.300 e. The van der Waals surface area contributed by atoms with Gasteiger partial charge in [-0.2, -0.15) is 0 Å². The van der Waals surface area contributed by atoms with E-state index in [0.29, 0.717) is 6.79 Å². The molecule has 0 saturated carbocycles. The summed E-state index contributed by atoms with van der Waals surface area (Å²) in [4.78, 5) is 9.00. The zero-order chi connectivity index (χ0) is 19.4. The minimum Gasteiger partial charge on any atom is -0.481 e. The molecule has 2 rings (SSSR count). The van der Waals surface area contributed by atoms with Gasteiger partial charge in [-0.1, -0.05) is 52.0 Å². The van der Waals surface area contributed by atoms with E-state index >= 15 is 0 Å². The number of hydrogen-bond donors (Lipinski definition) is 1. The molecule has 2 atom stereocenters. The van der Waals surface area contributed by atoms with Crippen LogP contribution < -0.4 is 9.47 Å². The average Bonchev–Trinajstić information content (AvgIpc) is 3.05. The lowest BCUT2D eigenvalue weighted by atomic mass is 10.1. The summed E-state index contributed by atoms with van der Waals surface area (Å²) in [7, 11) is -0.743. The summed E-state index contributed by atoms with van der Waals surface area (Å²) in [6.07, 6.45) is 8.32. The highest BCUT2D eigenvalue weighted by Crippen LogP contribution is 2.33. The standard InChI is InChI=1S/C18H28O3S.C2H4O2/c1-3-4-5-6-7-8-11-22(19)15(2)12-16-9-10-17-18(13-16)21-14-20-17;1-2(3)4/h9-10,13,15H,3-8,11-12,14H2,1-2H3;1H3,(H,3,4). The van der Waals surface area contributed by atoms with Crippen LogP contribution in [-0.4, -0.2) is 33.1 Å². The number of aliphatic carboxylic acids is 1. The minimum absolute atomic E-state index is 0.191. The van der Waals surface area contributed by atoms with Gasteiger partial charge >= 0.3 is 0 Å². The highest BCUT2D eigenvalue weighted by atomic mass is 32.2. The zero-order valence-corrected chi connectivity index (χ0v) is 17.0. The van der Waals surface area contributed by atoms with Crippen molar-refractivity contribution in [2.45, 2.75) is 71.0 Å². The molecule has 1 aromatic rings. The van der Waals surface area contributed by atoms with Crippen LogP contribution in [0.25, 0.3) is 0 Å². The van der Waals surface area contributed by atoms with E-state index in [4.69, 9.17) is 19.4 Å². The van der Waals surface area contributed by atoms with Crippen molar-refractivity contribution in [2.24, 2.45) is 0 Å². The highest BCUT2D eigenvalue weighted by Gasteiger charge is 2.16. The number of rotatable bonds is 10. The van der Waals surface area contributed by atoms with Crippen molar-refractivity contribution in [3.05, 3.63) is 23.8 Å². The number of hydrogen-bond acceptors (Lipinski definition) is 4. The monoisotopic (exact) mass is 384 g/mol. The van der Waals surface area contributed by atoms with Gasteiger partial charge in [0.1, 0.15) is 0 Å². The molecule has 0 spiro atoms. The first-order valence-corrected chi connectivity index (χ1v) is 10.8. The molecule has 0 bridgehead atoms. The third kappa shape index (κ3) is 9.22. The maximum absolute atomic E-state index is 12.3. The van der Waals surface area contributed by atoms with E-state index < -0.39 is 16.8 Å². The Bertz CT molecular complexity index is 569. The fourth-order valence-corrected chi connectivity index (χ4v) is 3.99. The Morgan fingerprint density at radius 2 is 1.77 bits per heavy atom. The molecule has 0 radical (unpaired) electrons. The Hall–Kier alpha value is -1.56. The van der Waals surface area contributed by atoms with Crippen LogP contribution in [0.4, 0.5) is 0 Å². The van der Waals surface area contributed by atoms with Gasteiger partial charge < -0.3 is 14.6 Å². The minimum atomic E-state index is -0.833. The fraction of sp³-hybridized carbons (Fsp3) is 0.650. The molecule has 6 heteroatoms. The largest absolute Gasteiger partial charge is 0.481 e. The Balaban J connectivity index is 0.000000765. The molecule has 1 N–H and O–H groups in total. The molecule has 26 heavy (non-hydrogen) atoms. The van der Waals surface area contributed by atoms with Crippen LogP contribution in [0.15, 0.2) is 18.2 Å². The smallest absolute Gasteiger partial charge is 0.300 e. The molecule has 0 saturated heterocycles. The summed E-state index contributed by atoms with van der Waals surface area (Å²) >= 11 is 0. The van der Waals surface area contributed by atoms with Crippen LogP contribution in [0.5, 0.6) is 11.5 Å². The summed E-state index contributed by atoms with van der Waals surface area (Å²) in [6.45, 7) is 5.70. The number of benzene rings is 1. The Morgan fingerprint density at radius 1 is 1.15 bits per heavy atom. The lowest BCUT2D eigenvalue weighted by Crippen LogP contribution is -2.16. The van der Waals surface area contributed by atoms with Crippen LogP contribution in [0.2, 0.25) is 0 Å². The number of unbranched alkanes of at least 4 members (excludes halogenated alkanes) is 5. The molecule has 1 aliphatic heterocycles. The molecule has 5 nitrogen and oxygen atoms in total. The van der Waals surface area contributed by atoms with Crippen LogP contribution in [0, 0.1) is 0 Å². The summed E-state index contributed by atoms with van der Waals surface area (Å²) in [5.41, 5.74) is 1.17. The van der Waals surface area contributed by atoms with E-state index in [1.807, 2.05) is 18.2 Å². The van der Waals surface area contributed by atoms with Crippen molar-refractivity contribution >= 4 is 16.8 Å². The predicted octanol–water partition coefficient (Wildman–Crippen LogP) is 4.55. The van der Waals surface area contributed by atoms with Crippen molar-refractivity contribution in [3.8, 4) is 11.5 Å². The third-order valence-electron chi connectivity index (χ3n) is 4.11. The molecule has 1 aliphatic rings. The topological polar surface area (TPSA) is 72.8 Å². The number of carboxylic acid groups (broad SMARTS) is 1. The van der Waals surface area contributed by atoms with Gasteiger partial charge in [0.25, 0.3) is 5.97 Å². The summed E-state index contributed by atoms with van der Waals surface area (Å²) in [6, 6.07) is 6.01. The lowest BCUT2D eigenvalue weighted by molar-refractivity contribution is -0.134.